The maximum Gasteiger partial charge on any atom is 0.240 e. The highest BCUT2D eigenvalue weighted by atomic mass is 32.2. The molecule has 1 amide bonds. The number of hydrogen-bond acceptors (Lipinski definition) is 5. The summed E-state index contributed by atoms with van der Waals surface area (Å²) in [7, 11) is 0. The third kappa shape index (κ3) is 5.04. The summed E-state index contributed by atoms with van der Waals surface area (Å²) in [6, 6.07) is 14.2. The number of nitrogens with one attached hydrogen (secondary N) is 2. The van der Waals surface area contributed by atoms with E-state index < -0.39 is 0 Å². The largest absolute Gasteiger partial charge is 0.355 e. The fourth-order valence-electron chi connectivity index (χ4n) is 2.26. The SMILES string of the molecule is O=C(Cn1c(-c2cccs2)n[nH]c1=S)NCCCSc1ccccc1. The van der Waals surface area contributed by atoms with E-state index in [1.807, 2.05) is 35.7 Å². The average Bonchev–Trinajstić information content (AvgIpc) is 3.26. The molecule has 0 fully saturated rings. The standard InChI is InChI=1S/C17H18N4OS3/c22-15(18-9-5-11-24-13-6-2-1-3-7-13)12-21-16(19-20-17(21)23)14-8-4-10-25-14/h1-4,6-8,10H,5,9,11-12H2,(H,18,22)(H,20,23). The fraction of sp³-hybridized carbons (Fsp3) is 0.235. The summed E-state index contributed by atoms with van der Waals surface area (Å²) in [5.41, 5.74) is 0. The predicted octanol–water partition coefficient (Wildman–Crippen LogP) is 3.97. The maximum absolute atomic E-state index is 12.2. The second-order valence-electron chi connectivity index (χ2n) is 5.28. The van der Waals surface area contributed by atoms with E-state index in [9.17, 15) is 4.79 Å². The summed E-state index contributed by atoms with van der Waals surface area (Å²) in [6.07, 6.45) is 0.917. The normalized spacial score (nSPS) is 10.7. The lowest BCUT2D eigenvalue weighted by molar-refractivity contribution is -0.121. The Labute approximate surface area is 159 Å². The van der Waals surface area contributed by atoms with Gasteiger partial charge >= 0.3 is 0 Å². The number of nitrogens with zero attached hydrogens (tertiary/aromatic N) is 2. The van der Waals surface area contributed by atoms with E-state index in [0.29, 0.717) is 17.1 Å². The second kappa shape index (κ2) is 8.98. The van der Waals surface area contributed by atoms with E-state index in [1.54, 1.807) is 27.7 Å². The molecule has 0 spiro atoms. The zero-order chi connectivity index (χ0) is 17.5. The molecular weight excluding hydrogens is 372 g/mol. The molecular formula is C17H18N4OS3. The van der Waals surface area contributed by atoms with Crippen LogP contribution in [-0.2, 0) is 11.3 Å². The van der Waals surface area contributed by atoms with Crippen molar-refractivity contribution >= 4 is 41.2 Å². The molecule has 0 unspecified atom stereocenters. The molecule has 0 aliphatic carbocycles. The molecule has 0 aliphatic rings. The molecule has 0 saturated carbocycles. The molecule has 3 rings (SSSR count). The van der Waals surface area contributed by atoms with Crippen LogP contribution >= 0.6 is 35.3 Å². The number of aromatic amines is 1. The number of hydrogen-bond donors (Lipinski definition) is 2. The van der Waals surface area contributed by atoms with Gasteiger partial charge in [0, 0.05) is 11.4 Å². The Morgan fingerprint density at radius 2 is 2.12 bits per heavy atom. The lowest BCUT2D eigenvalue weighted by Gasteiger charge is -2.07. The van der Waals surface area contributed by atoms with Gasteiger partial charge < -0.3 is 5.32 Å². The summed E-state index contributed by atoms with van der Waals surface area (Å²) >= 11 is 8.60. The molecule has 2 aromatic heterocycles. The number of rotatable bonds is 8. The Bertz CT molecular complexity index is 856. The third-order valence-corrected chi connectivity index (χ3v) is 5.73. The summed E-state index contributed by atoms with van der Waals surface area (Å²) < 4.78 is 2.19. The first-order valence-electron chi connectivity index (χ1n) is 7.87. The van der Waals surface area contributed by atoms with E-state index in [2.05, 4.69) is 27.6 Å². The molecule has 5 nitrogen and oxygen atoms in total. The van der Waals surface area contributed by atoms with E-state index in [-0.39, 0.29) is 12.5 Å². The minimum Gasteiger partial charge on any atom is -0.355 e. The third-order valence-electron chi connectivity index (χ3n) is 3.46. The van der Waals surface area contributed by atoms with Gasteiger partial charge in [0.25, 0.3) is 0 Å². The number of aromatic nitrogens is 3. The second-order valence-corrected chi connectivity index (χ2v) is 7.78. The molecule has 0 atom stereocenters. The van der Waals surface area contributed by atoms with Gasteiger partial charge in [0.1, 0.15) is 6.54 Å². The molecule has 2 N–H and O–H groups in total. The zero-order valence-corrected chi connectivity index (χ0v) is 15.9. The van der Waals surface area contributed by atoms with Crippen LogP contribution in [0, 0.1) is 4.77 Å². The summed E-state index contributed by atoms with van der Waals surface area (Å²) in [4.78, 5) is 14.4. The monoisotopic (exact) mass is 390 g/mol. The molecule has 1 aromatic carbocycles. The Morgan fingerprint density at radius 1 is 1.28 bits per heavy atom. The van der Waals surface area contributed by atoms with Gasteiger partial charge in [0.15, 0.2) is 10.6 Å². The summed E-state index contributed by atoms with van der Waals surface area (Å²) in [5, 5.41) is 11.9. The van der Waals surface area contributed by atoms with Crippen molar-refractivity contribution in [3.63, 3.8) is 0 Å². The van der Waals surface area contributed by atoms with Crippen LogP contribution in [-0.4, -0.2) is 33.0 Å². The number of thiophene rings is 1. The molecule has 130 valence electrons. The summed E-state index contributed by atoms with van der Waals surface area (Å²) in [6.45, 7) is 0.826. The van der Waals surface area contributed by atoms with Crippen molar-refractivity contribution < 1.29 is 4.79 Å². The van der Waals surface area contributed by atoms with E-state index >= 15 is 0 Å². The highest BCUT2D eigenvalue weighted by Gasteiger charge is 2.12. The molecule has 3 aromatic rings. The highest BCUT2D eigenvalue weighted by molar-refractivity contribution is 7.99. The number of carbonyl (C=O) groups is 1. The molecule has 0 radical (unpaired) electrons. The Kier molecular flexibility index (Phi) is 6.43. The number of thioether (sulfide) groups is 1. The zero-order valence-electron chi connectivity index (χ0n) is 13.5. The van der Waals surface area contributed by atoms with Crippen LogP contribution in [0.5, 0.6) is 0 Å². The fourth-order valence-corrected chi connectivity index (χ4v) is 4.06. The Morgan fingerprint density at radius 3 is 2.88 bits per heavy atom. The van der Waals surface area contributed by atoms with Crippen LogP contribution in [0.2, 0.25) is 0 Å². The van der Waals surface area contributed by atoms with Crippen LogP contribution in [0.15, 0.2) is 52.7 Å². The van der Waals surface area contributed by atoms with Crippen molar-refractivity contribution in [1.82, 2.24) is 20.1 Å². The smallest absolute Gasteiger partial charge is 0.240 e. The molecule has 8 heteroatoms. The average molecular weight is 391 g/mol. The number of amides is 1. The lowest BCUT2D eigenvalue weighted by Crippen LogP contribution is -2.29. The number of benzene rings is 1. The van der Waals surface area contributed by atoms with Crippen molar-refractivity contribution in [2.45, 2.75) is 17.9 Å². The van der Waals surface area contributed by atoms with Gasteiger partial charge in [-0.1, -0.05) is 24.3 Å². The van der Waals surface area contributed by atoms with Gasteiger partial charge in [-0.15, -0.1) is 23.1 Å². The van der Waals surface area contributed by atoms with Crippen molar-refractivity contribution in [2.24, 2.45) is 0 Å². The Balaban J connectivity index is 1.46. The van der Waals surface area contributed by atoms with Gasteiger partial charge in [-0.05, 0) is 48.0 Å². The first-order chi connectivity index (χ1) is 12.2. The first-order valence-corrected chi connectivity index (χ1v) is 10.1. The molecule has 0 bridgehead atoms. The summed E-state index contributed by atoms with van der Waals surface area (Å²) in [5.74, 6) is 1.62. The van der Waals surface area contributed by atoms with Crippen molar-refractivity contribution in [2.75, 3.05) is 12.3 Å². The lowest BCUT2D eigenvalue weighted by atomic mass is 10.4. The van der Waals surface area contributed by atoms with Gasteiger partial charge in [-0.3, -0.25) is 14.5 Å². The predicted molar refractivity (Wildman–Crippen MR) is 106 cm³/mol. The number of carbonyl (C=O) groups excluding carboxylic acids is 1. The maximum atomic E-state index is 12.2. The topological polar surface area (TPSA) is 62.7 Å². The number of H-pyrrole nitrogens is 1. The molecule has 25 heavy (non-hydrogen) atoms. The van der Waals surface area contributed by atoms with Crippen molar-refractivity contribution in [3.8, 4) is 10.7 Å². The molecule has 0 saturated heterocycles. The van der Waals surface area contributed by atoms with E-state index in [0.717, 1.165) is 17.1 Å². The minimum atomic E-state index is -0.0555. The first kappa shape index (κ1) is 17.9. The van der Waals surface area contributed by atoms with E-state index in [4.69, 9.17) is 12.2 Å². The van der Waals surface area contributed by atoms with Crippen LogP contribution in [0.1, 0.15) is 6.42 Å². The van der Waals surface area contributed by atoms with Crippen LogP contribution < -0.4 is 5.32 Å². The van der Waals surface area contributed by atoms with E-state index in [1.165, 1.54) is 4.90 Å². The Hall–Kier alpha value is -1.90. The van der Waals surface area contributed by atoms with Gasteiger partial charge in [-0.2, -0.15) is 5.10 Å². The van der Waals surface area contributed by atoms with Gasteiger partial charge in [-0.25, -0.2) is 0 Å². The van der Waals surface area contributed by atoms with Crippen LogP contribution in [0.4, 0.5) is 0 Å². The van der Waals surface area contributed by atoms with Crippen LogP contribution in [0.3, 0.4) is 0 Å². The van der Waals surface area contributed by atoms with Crippen molar-refractivity contribution in [1.29, 1.82) is 0 Å². The van der Waals surface area contributed by atoms with Crippen molar-refractivity contribution in [3.05, 3.63) is 52.6 Å². The highest BCUT2D eigenvalue weighted by Crippen LogP contribution is 2.22. The molecule has 0 aliphatic heterocycles. The minimum absolute atomic E-state index is 0.0555. The molecule has 2 heterocycles. The van der Waals surface area contributed by atoms with Gasteiger partial charge in [0.2, 0.25) is 5.91 Å². The van der Waals surface area contributed by atoms with Gasteiger partial charge in [0.05, 0.1) is 4.88 Å². The van der Waals surface area contributed by atoms with Crippen LogP contribution in [0.25, 0.3) is 10.7 Å². The quantitative estimate of drug-likeness (QED) is 0.347.